The van der Waals surface area contributed by atoms with Crippen LogP contribution in [0, 0.1) is 0 Å². The minimum absolute atomic E-state index is 0.654. The van der Waals surface area contributed by atoms with Gasteiger partial charge >= 0.3 is 5.34 Å². The van der Waals surface area contributed by atoms with E-state index < -0.39 is 0 Å². The van der Waals surface area contributed by atoms with Gasteiger partial charge in [-0.05, 0) is 12.9 Å². The Morgan fingerprint density at radius 3 is 2.25 bits per heavy atom. The fourth-order valence-corrected chi connectivity index (χ4v) is 0. The molecule has 0 aliphatic rings. The van der Waals surface area contributed by atoms with Crippen molar-refractivity contribution >= 4 is 40.6 Å². The van der Waals surface area contributed by atoms with Crippen molar-refractivity contribution in [1.82, 2.24) is 0 Å². The lowest BCUT2D eigenvalue weighted by Gasteiger charge is -1.69. The summed E-state index contributed by atoms with van der Waals surface area (Å²) in [7, 11) is 0. The fourth-order valence-electron chi connectivity index (χ4n) is 0. The first-order chi connectivity index (χ1) is 1.91. The maximum atomic E-state index is 4.22. The lowest BCUT2D eigenvalue weighted by atomic mass is 10.6. The summed E-state index contributed by atoms with van der Waals surface area (Å²) in [6.07, 6.45) is 0. The molecule has 0 aliphatic carbocycles. The second-order valence-corrected chi connectivity index (χ2v) is 1.12. The molecule has 0 aromatic carbocycles. The van der Waals surface area contributed by atoms with Gasteiger partial charge in [-0.1, -0.05) is 0 Å². The summed E-state index contributed by atoms with van der Waals surface area (Å²) in [6, 6.07) is 0. The maximum Gasteiger partial charge on any atom is 0.362 e. The third kappa shape index (κ3) is 3.10. The predicted octanol–water partition coefficient (Wildman–Crippen LogP) is 0.549. The van der Waals surface area contributed by atoms with Crippen molar-refractivity contribution in [3.63, 3.8) is 0 Å². The Kier molecular flexibility index (Phi) is 5.24. The zero-order valence-corrected chi connectivity index (χ0v) is 4.99. The Labute approximate surface area is 44.9 Å². The molecule has 4 heteroatoms. The van der Waals surface area contributed by atoms with Crippen molar-refractivity contribution < 1.29 is 4.10 Å². The van der Waals surface area contributed by atoms with Gasteiger partial charge in [-0.2, -0.15) is 0 Å². The number of rotatable bonds is 1. The molecule has 0 aromatic rings. The third-order valence-corrected chi connectivity index (χ3v) is 0.982. The van der Waals surface area contributed by atoms with E-state index in [4.69, 9.17) is 0 Å². The van der Waals surface area contributed by atoms with Gasteiger partial charge < -0.3 is 4.10 Å². The molecule has 0 unspecified atom stereocenters. The summed E-state index contributed by atoms with van der Waals surface area (Å²) in [5.74, 6) is 0. The SMILES string of the molecule is SOBI. The highest BCUT2D eigenvalue weighted by Crippen LogP contribution is 1.78. The molecule has 0 rings (SSSR count). The summed E-state index contributed by atoms with van der Waals surface area (Å²) in [5, 5.41) is 0.654. The molecule has 0 N–H and O–H groups in total. The van der Waals surface area contributed by atoms with Crippen LogP contribution in [0.2, 0.25) is 0 Å². The monoisotopic (exact) mass is 188 g/mol. The molecule has 0 heterocycles. The molecule has 0 saturated carbocycles. The Morgan fingerprint density at radius 2 is 2.25 bits per heavy atom. The zero-order chi connectivity index (χ0) is 3.41. The summed E-state index contributed by atoms with van der Waals surface area (Å²) in [4.78, 5) is 0. The van der Waals surface area contributed by atoms with Crippen LogP contribution in [-0.4, -0.2) is 5.34 Å². The van der Waals surface area contributed by atoms with Crippen molar-refractivity contribution in [2.45, 2.75) is 0 Å². The normalized spacial score (nSPS) is 6.50. The van der Waals surface area contributed by atoms with E-state index in [0.29, 0.717) is 5.34 Å². The highest BCUT2D eigenvalue weighted by molar-refractivity contribution is 14.1. The molecule has 0 atom stereocenters. The summed E-state index contributed by atoms with van der Waals surface area (Å²) in [5.41, 5.74) is 0. The van der Waals surface area contributed by atoms with E-state index in [2.05, 4.69) is 39.4 Å². The van der Waals surface area contributed by atoms with Crippen molar-refractivity contribution in [3.8, 4) is 0 Å². The topological polar surface area (TPSA) is 9.23 Å². The third-order valence-electron chi connectivity index (χ3n) is 0.0488. The van der Waals surface area contributed by atoms with Gasteiger partial charge in [0.25, 0.3) is 0 Å². The van der Waals surface area contributed by atoms with E-state index >= 15 is 0 Å². The largest absolute Gasteiger partial charge is 0.369 e. The molecule has 0 aromatic heterocycles. The van der Waals surface area contributed by atoms with Gasteiger partial charge in [0, 0.05) is 0 Å². The zero-order valence-electron chi connectivity index (χ0n) is 1.94. The van der Waals surface area contributed by atoms with Crippen molar-refractivity contribution in [2.75, 3.05) is 0 Å². The van der Waals surface area contributed by atoms with E-state index in [1.54, 1.807) is 0 Å². The van der Waals surface area contributed by atoms with Crippen molar-refractivity contribution in [1.29, 1.82) is 0 Å². The van der Waals surface area contributed by atoms with Crippen LogP contribution in [0.5, 0.6) is 0 Å². The van der Waals surface area contributed by atoms with Crippen LogP contribution in [0.3, 0.4) is 0 Å². The molecular formula is H2BIOS. The van der Waals surface area contributed by atoms with Crippen LogP contribution in [0.4, 0.5) is 0 Å². The predicted molar refractivity (Wildman–Crippen MR) is 31.2 cm³/mol. The highest BCUT2D eigenvalue weighted by Gasteiger charge is 1.64. The van der Waals surface area contributed by atoms with Gasteiger partial charge in [0.15, 0.2) is 0 Å². The molecule has 0 fully saturated rings. The lowest BCUT2D eigenvalue weighted by molar-refractivity contribution is 0.737. The smallest absolute Gasteiger partial charge is 0.362 e. The molecule has 0 saturated heterocycles. The molecule has 0 aliphatic heterocycles. The first-order valence-electron chi connectivity index (χ1n) is 0.739. The minimum Gasteiger partial charge on any atom is -0.369 e. The average molecular weight is 188 g/mol. The number of hydrogen-bond donors (Lipinski definition) is 1. The molecule has 24 valence electrons. The van der Waals surface area contributed by atoms with Gasteiger partial charge in [-0.3, -0.25) is 0 Å². The standard InChI is InChI=1S/BH2IOS/c2-1-3-4/h1,4H. The van der Waals surface area contributed by atoms with Crippen LogP contribution in [-0.2, 0) is 4.10 Å². The molecule has 0 spiro atoms. The van der Waals surface area contributed by atoms with Crippen LogP contribution in [0.25, 0.3) is 0 Å². The molecular weight excluding hydrogens is 186 g/mol. The Bertz CT molecular complexity index is 10.0. The van der Waals surface area contributed by atoms with Gasteiger partial charge in [0.2, 0.25) is 0 Å². The number of hydrogen-bond acceptors (Lipinski definition) is 2. The van der Waals surface area contributed by atoms with Crippen LogP contribution >= 0.6 is 35.3 Å². The van der Waals surface area contributed by atoms with Crippen LogP contribution < -0.4 is 0 Å². The second kappa shape index (κ2) is 4.10. The van der Waals surface area contributed by atoms with Gasteiger partial charge in [-0.25, -0.2) is 0 Å². The summed E-state index contributed by atoms with van der Waals surface area (Å²) < 4.78 is 4.22. The van der Waals surface area contributed by atoms with Gasteiger partial charge in [0.1, 0.15) is 0 Å². The Morgan fingerprint density at radius 1 is 2.00 bits per heavy atom. The quantitative estimate of drug-likeness (QED) is 0.273. The van der Waals surface area contributed by atoms with E-state index in [9.17, 15) is 0 Å². The first kappa shape index (κ1) is 5.10. The fraction of sp³-hybridized carbons (Fsp3) is 0. The van der Waals surface area contributed by atoms with Crippen LogP contribution in [0.15, 0.2) is 0 Å². The molecule has 0 amide bonds. The molecule has 1 nitrogen and oxygen atoms in total. The van der Waals surface area contributed by atoms with Crippen molar-refractivity contribution in [3.05, 3.63) is 0 Å². The molecule has 4 heavy (non-hydrogen) atoms. The van der Waals surface area contributed by atoms with Crippen LogP contribution in [0.1, 0.15) is 0 Å². The lowest BCUT2D eigenvalue weighted by Crippen LogP contribution is -1.65. The summed E-state index contributed by atoms with van der Waals surface area (Å²) in [6.45, 7) is 0. The number of halogens is 1. The molecule has 0 bridgehead atoms. The maximum absolute atomic E-state index is 4.22. The highest BCUT2D eigenvalue weighted by atomic mass is 127. The Balaban J connectivity index is 1.97. The average Bonchev–Trinajstić information content (AvgIpc) is 1.37. The van der Waals surface area contributed by atoms with E-state index in [1.165, 1.54) is 0 Å². The summed E-state index contributed by atoms with van der Waals surface area (Å²) >= 11 is 5.47. The van der Waals surface area contributed by atoms with Gasteiger partial charge in [0.05, 0.1) is 0 Å². The van der Waals surface area contributed by atoms with E-state index in [0.717, 1.165) is 0 Å². The first-order valence-corrected chi connectivity index (χ1v) is 2.63. The van der Waals surface area contributed by atoms with Crippen molar-refractivity contribution in [2.24, 2.45) is 0 Å². The van der Waals surface area contributed by atoms with E-state index in [-0.39, 0.29) is 0 Å². The second-order valence-electron chi connectivity index (χ2n) is 0.238. The van der Waals surface area contributed by atoms with E-state index in [1.807, 2.05) is 0 Å². The van der Waals surface area contributed by atoms with Gasteiger partial charge in [-0.15, -0.1) is 22.4 Å². The minimum atomic E-state index is 0.654. The molecule has 0 radical (unpaired) electrons. The Hall–Kier alpha value is 1.10. The number of thiol groups is 1.